The lowest BCUT2D eigenvalue weighted by Crippen LogP contribution is -2.38. The third-order valence-corrected chi connectivity index (χ3v) is 6.86. The van der Waals surface area contributed by atoms with Crippen LogP contribution in [0.1, 0.15) is 66.1 Å². The van der Waals surface area contributed by atoms with Gasteiger partial charge in [-0.2, -0.15) is 5.10 Å². The van der Waals surface area contributed by atoms with E-state index in [0.29, 0.717) is 34.7 Å². The molecule has 0 bridgehead atoms. The van der Waals surface area contributed by atoms with Crippen LogP contribution < -0.4 is 0 Å². The fourth-order valence-electron chi connectivity index (χ4n) is 4.81. The van der Waals surface area contributed by atoms with Crippen LogP contribution in [0, 0.1) is 5.82 Å². The van der Waals surface area contributed by atoms with Crippen LogP contribution in [0.3, 0.4) is 0 Å². The van der Waals surface area contributed by atoms with Crippen LogP contribution in [0.4, 0.5) is 4.39 Å². The van der Waals surface area contributed by atoms with Crippen molar-refractivity contribution in [2.45, 2.75) is 52.0 Å². The Kier molecular flexibility index (Phi) is 6.30. The summed E-state index contributed by atoms with van der Waals surface area (Å²) in [7, 11) is 0. The molecule has 1 aliphatic rings. The summed E-state index contributed by atoms with van der Waals surface area (Å²) in [6.45, 7) is 4.80. The molecular formula is C27H28FN5O3. The number of carbonyl (C=O) groups excluding carboxylic acids is 1. The number of aromatic nitrogens is 4. The highest BCUT2D eigenvalue weighted by Gasteiger charge is 2.25. The number of amides is 1. The van der Waals surface area contributed by atoms with Gasteiger partial charge >= 0.3 is 5.97 Å². The van der Waals surface area contributed by atoms with E-state index >= 15 is 4.39 Å². The second kappa shape index (κ2) is 9.56. The lowest BCUT2D eigenvalue weighted by molar-refractivity contribution is 0.0685. The van der Waals surface area contributed by atoms with Crippen LogP contribution in [0.5, 0.6) is 0 Å². The number of carbonyl (C=O) groups is 2. The molecule has 3 aromatic heterocycles. The summed E-state index contributed by atoms with van der Waals surface area (Å²) in [5.74, 6) is -1.61. The maximum absolute atomic E-state index is 15.2. The number of aryl methyl sites for hydroxylation is 1. The molecule has 186 valence electrons. The Bertz CT molecular complexity index is 1460. The van der Waals surface area contributed by atoms with E-state index in [4.69, 9.17) is 5.11 Å². The zero-order valence-corrected chi connectivity index (χ0v) is 20.3. The van der Waals surface area contributed by atoms with Crippen molar-refractivity contribution in [1.82, 2.24) is 24.1 Å². The minimum atomic E-state index is -1.04. The van der Waals surface area contributed by atoms with Gasteiger partial charge < -0.3 is 14.6 Å². The number of carboxylic acids is 1. The van der Waals surface area contributed by atoms with E-state index in [-0.39, 0.29) is 17.5 Å². The molecule has 1 fully saturated rings. The quantitative estimate of drug-likeness (QED) is 0.426. The Morgan fingerprint density at radius 1 is 1.14 bits per heavy atom. The van der Waals surface area contributed by atoms with Gasteiger partial charge in [-0.15, -0.1) is 0 Å². The first kappa shape index (κ1) is 23.7. The minimum absolute atomic E-state index is 0.0765. The number of aromatic carboxylic acids is 1. The Morgan fingerprint density at radius 2 is 1.97 bits per heavy atom. The molecule has 4 heterocycles. The number of halogens is 1. The Morgan fingerprint density at radius 3 is 2.69 bits per heavy atom. The standard InChI is InChI=1S/C27H28FN5O3/c1-3-19-14-24(26(34)32-11-6-4-5-7-17(32)2)29-25-15-23(30-33(19)25)21-9-8-20(13-22(21)28)31-12-10-18(16-31)27(35)36/h8-10,12-17H,3-7,11H2,1-2H3,(H,35,36)/t17-/m1/s1. The summed E-state index contributed by atoms with van der Waals surface area (Å²) in [4.78, 5) is 31.0. The molecule has 1 aliphatic heterocycles. The average molecular weight is 490 g/mol. The van der Waals surface area contributed by atoms with Gasteiger partial charge in [0.05, 0.1) is 11.3 Å². The highest BCUT2D eigenvalue weighted by atomic mass is 19.1. The van der Waals surface area contributed by atoms with Gasteiger partial charge in [0.2, 0.25) is 0 Å². The van der Waals surface area contributed by atoms with Crippen molar-refractivity contribution in [2.75, 3.05) is 6.54 Å². The third kappa shape index (κ3) is 4.36. The fourth-order valence-corrected chi connectivity index (χ4v) is 4.81. The maximum atomic E-state index is 15.2. The van der Waals surface area contributed by atoms with Crippen LogP contribution >= 0.6 is 0 Å². The second-order valence-electron chi connectivity index (χ2n) is 9.26. The van der Waals surface area contributed by atoms with Gasteiger partial charge in [0.15, 0.2) is 5.65 Å². The van der Waals surface area contributed by atoms with E-state index in [2.05, 4.69) is 17.0 Å². The van der Waals surface area contributed by atoms with E-state index < -0.39 is 11.8 Å². The normalized spacial score (nSPS) is 16.3. The van der Waals surface area contributed by atoms with Crippen molar-refractivity contribution in [3.63, 3.8) is 0 Å². The number of carboxylic acid groups (broad SMARTS) is 1. The molecule has 1 amide bonds. The topological polar surface area (TPSA) is 92.7 Å². The highest BCUT2D eigenvalue weighted by Crippen LogP contribution is 2.26. The van der Waals surface area contributed by atoms with Crippen molar-refractivity contribution in [3.8, 4) is 16.9 Å². The molecule has 0 spiro atoms. The van der Waals surface area contributed by atoms with Gasteiger partial charge in [0.1, 0.15) is 11.5 Å². The lowest BCUT2D eigenvalue weighted by Gasteiger charge is -2.27. The molecule has 0 saturated carbocycles. The van der Waals surface area contributed by atoms with E-state index in [1.807, 2.05) is 11.8 Å². The van der Waals surface area contributed by atoms with Crippen molar-refractivity contribution in [2.24, 2.45) is 0 Å². The van der Waals surface area contributed by atoms with Gasteiger partial charge in [-0.3, -0.25) is 4.79 Å². The number of hydrogen-bond donors (Lipinski definition) is 1. The number of rotatable bonds is 5. The summed E-state index contributed by atoms with van der Waals surface area (Å²) in [6.07, 6.45) is 7.87. The predicted molar refractivity (Wildman–Crippen MR) is 133 cm³/mol. The molecule has 1 N–H and O–H groups in total. The van der Waals surface area contributed by atoms with Crippen LogP contribution in [0.2, 0.25) is 0 Å². The number of hydrogen-bond acceptors (Lipinski definition) is 4. The Hall–Kier alpha value is -4.01. The summed E-state index contributed by atoms with van der Waals surface area (Å²) >= 11 is 0. The first-order chi connectivity index (χ1) is 17.4. The summed E-state index contributed by atoms with van der Waals surface area (Å²) in [5.41, 5.74) is 3.03. The summed E-state index contributed by atoms with van der Waals surface area (Å²) in [5, 5.41) is 13.7. The van der Waals surface area contributed by atoms with Crippen LogP contribution in [-0.2, 0) is 6.42 Å². The Balaban J connectivity index is 1.49. The zero-order valence-electron chi connectivity index (χ0n) is 20.3. The number of nitrogens with zero attached hydrogens (tertiary/aromatic N) is 5. The van der Waals surface area contributed by atoms with E-state index in [0.717, 1.165) is 37.9 Å². The van der Waals surface area contributed by atoms with Gasteiger partial charge in [-0.1, -0.05) is 19.8 Å². The molecule has 0 aliphatic carbocycles. The van der Waals surface area contributed by atoms with Gasteiger partial charge in [0, 0.05) is 48.0 Å². The van der Waals surface area contributed by atoms with Crippen molar-refractivity contribution in [1.29, 1.82) is 0 Å². The highest BCUT2D eigenvalue weighted by molar-refractivity contribution is 5.93. The van der Waals surface area contributed by atoms with Crippen LogP contribution in [0.25, 0.3) is 22.6 Å². The smallest absolute Gasteiger partial charge is 0.337 e. The first-order valence-electron chi connectivity index (χ1n) is 12.3. The average Bonchev–Trinajstić information content (AvgIpc) is 3.47. The van der Waals surface area contributed by atoms with Crippen molar-refractivity contribution >= 4 is 17.5 Å². The SMILES string of the molecule is CCc1cc(C(=O)N2CCCCC[C@H]2C)nc2cc(-c3ccc(-n4ccc(C(=O)O)c4)cc3F)nn12. The van der Waals surface area contributed by atoms with E-state index in [1.54, 1.807) is 39.5 Å². The lowest BCUT2D eigenvalue weighted by atomic mass is 10.1. The monoisotopic (exact) mass is 489 g/mol. The summed E-state index contributed by atoms with van der Waals surface area (Å²) in [6, 6.07) is 9.77. The fraction of sp³-hybridized carbons (Fsp3) is 0.333. The Labute approximate surface area is 208 Å². The molecule has 4 aromatic rings. The molecule has 1 aromatic carbocycles. The maximum Gasteiger partial charge on any atom is 0.337 e. The predicted octanol–water partition coefficient (Wildman–Crippen LogP) is 4.99. The molecular weight excluding hydrogens is 461 g/mol. The van der Waals surface area contributed by atoms with Crippen molar-refractivity contribution < 1.29 is 19.1 Å². The molecule has 0 unspecified atom stereocenters. The molecule has 36 heavy (non-hydrogen) atoms. The number of fused-ring (bicyclic) bond motifs is 1. The third-order valence-electron chi connectivity index (χ3n) is 6.86. The molecule has 1 atom stereocenters. The van der Waals surface area contributed by atoms with Gasteiger partial charge in [-0.05, 0) is 56.5 Å². The molecule has 1 saturated heterocycles. The summed E-state index contributed by atoms with van der Waals surface area (Å²) < 4.78 is 18.4. The van der Waals surface area contributed by atoms with E-state index in [1.165, 1.54) is 18.3 Å². The molecule has 5 rings (SSSR count). The number of likely N-dealkylation sites (tertiary alicyclic amines) is 1. The molecule has 8 nitrogen and oxygen atoms in total. The van der Waals surface area contributed by atoms with Gasteiger partial charge in [-0.25, -0.2) is 18.7 Å². The van der Waals surface area contributed by atoms with Crippen molar-refractivity contribution in [3.05, 3.63) is 71.6 Å². The largest absolute Gasteiger partial charge is 0.478 e. The molecule has 0 radical (unpaired) electrons. The van der Waals surface area contributed by atoms with E-state index in [9.17, 15) is 9.59 Å². The second-order valence-corrected chi connectivity index (χ2v) is 9.26. The van der Waals surface area contributed by atoms with Crippen LogP contribution in [0.15, 0.2) is 48.8 Å². The zero-order chi connectivity index (χ0) is 25.4. The minimum Gasteiger partial charge on any atom is -0.478 e. The first-order valence-corrected chi connectivity index (χ1v) is 12.3. The van der Waals surface area contributed by atoms with Crippen LogP contribution in [-0.4, -0.2) is 53.6 Å². The molecule has 9 heteroatoms. The van der Waals surface area contributed by atoms with Gasteiger partial charge in [0.25, 0.3) is 5.91 Å². The number of benzene rings is 1.